The SMILES string of the molecule is COc1ccc(-c2ccc(C(=O)O)cc2C)cc1-c1cc(C(C)C)c(N(C)C)nc1[C@@H]1CC[C@H]2[C@@H](c3cc(C(F)(F)F)cc(C(F)(F)F)c3)OC(=O)N12. The average molecular weight is 742 g/mol. The van der Waals surface area contributed by atoms with Crippen molar-refractivity contribution in [2.75, 3.05) is 26.1 Å². The fraction of sp³-hybridized carbons (Fsp3) is 0.359. The first kappa shape index (κ1) is 37.5. The zero-order valence-corrected chi connectivity index (χ0v) is 29.7. The minimum atomic E-state index is -5.07. The van der Waals surface area contributed by atoms with Crippen molar-refractivity contribution in [2.45, 2.75) is 70.1 Å². The number of aromatic carboxylic acids is 1. The number of carboxylic acid groups (broad SMARTS) is 1. The van der Waals surface area contributed by atoms with Crippen LogP contribution in [0.15, 0.2) is 60.7 Å². The van der Waals surface area contributed by atoms with E-state index in [1.54, 1.807) is 25.1 Å². The smallest absolute Gasteiger partial charge is 0.416 e. The van der Waals surface area contributed by atoms with E-state index in [0.29, 0.717) is 46.9 Å². The maximum absolute atomic E-state index is 13.8. The summed E-state index contributed by atoms with van der Waals surface area (Å²) in [6.07, 6.45) is -11.9. The molecule has 8 nitrogen and oxygen atoms in total. The molecule has 0 saturated carbocycles. The summed E-state index contributed by atoms with van der Waals surface area (Å²) in [5, 5.41) is 9.50. The molecule has 14 heteroatoms. The predicted octanol–water partition coefficient (Wildman–Crippen LogP) is 10.1. The van der Waals surface area contributed by atoms with Crippen LogP contribution in [0.2, 0.25) is 0 Å². The number of halogens is 6. The molecular formula is C39H37F6N3O5. The number of hydrogen-bond donors (Lipinski definition) is 1. The normalized spacial score (nSPS) is 18.7. The Morgan fingerprint density at radius 3 is 2.13 bits per heavy atom. The molecule has 3 heterocycles. The molecule has 53 heavy (non-hydrogen) atoms. The van der Waals surface area contributed by atoms with Gasteiger partial charge in [0.05, 0.1) is 41.6 Å². The Morgan fingerprint density at radius 2 is 1.58 bits per heavy atom. The first-order valence-electron chi connectivity index (χ1n) is 16.8. The number of anilines is 1. The quantitative estimate of drug-likeness (QED) is 0.180. The zero-order chi connectivity index (χ0) is 38.7. The van der Waals surface area contributed by atoms with Crippen LogP contribution in [0.5, 0.6) is 5.75 Å². The molecule has 2 saturated heterocycles. The number of carbonyl (C=O) groups excluding carboxylic acids is 1. The summed E-state index contributed by atoms with van der Waals surface area (Å²) in [5.74, 6) is 0.0338. The standard InChI is InChI=1S/C39H37F6N3O5/c1-19(2)27-18-29(28-16-21(8-12-32(28)52-6)26-9-7-22(36(49)50)13-20(26)3)33(46-35(27)47(4)5)30-10-11-31-34(53-37(51)48(30)31)23-14-24(38(40,41)42)17-25(15-23)39(43,44)45/h7-9,12-19,30-31,34H,10-11H2,1-6H3,(H,49,50)/t30-,31-,34+/m0/s1. The Labute approximate surface area is 302 Å². The van der Waals surface area contributed by atoms with Crippen molar-refractivity contribution < 1.29 is 50.5 Å². The fourth-order valence-electron chi connectivity index (χ4n) is 7.34. The number of aryl methyl sites for hydroxylation is 1. The highest BCUT2D eigenvalue weighted by Crippen LogP contribution is 2.51. The third-order valence-electron chi connectivity index (χ3n) is 9.85. The molecule has 0 bridgehead atoms. The number of fused-ring (bicyclic) bond motifs is 1. The van der Waals surface area contributed by atoms with Crippen LogP contribution in [0.3, 0.4) is 0 Å². The van der Waals surface area contributed by atoms with E-state index in [-0.39, 0.29) is 24.0 Å². The highest BCUT2D eigenvalue weighted by Gasteiger charge is 2.52. The van der Waals surface area contributed by atoms with Gasteiger partial charge in [0.1, 0.15) is 17.7 Å². The fourth-order valence-corrected chi connectivity index (χ4v) is 7.34. The molecule has 0 aliphatic carbocycles. The molecule has 1 aromatic heterocycles. The third kappa shape index (κ3) is 6.98. The molecule has 2 fully saturated rings. The minimum absolute atomic E-state index is 0.00567. The van der Waals surface area contributed by atoms with Crippen LogP contribution < -0.4 is 9.64 Å². The van der Waals surface area contributed by atoms with Crippen LogP contribution in [0.4, 0.5) is 37.0 Å². The molecule has 3 aromatic carbocycles. The van der Waals surface area contributed by atoms with Crippen LogP contribution in [0.1, 0.15) is 88.6 Å². The van der Waals surface area contributed by atoms with E-state index in [0.717, 1.165) is 22.3 Å². The van der Waals surface area contributed by atoms with Gasteiger partial charge in [0.25, 0.3) is 0 Å². The molecular weight excluding hydrogens is 704 g/mol. The van der Waals surface area contributed by atoms with Crippen LogP contribution in [0.25, 0.3) is 22.3 Å². The van der Waals surface area contributed by atoms with E-state index in [4.69, 9.17) is 14.5 Å². The summed E-state index contributed by atoms with van der Waals surface area (Å²) < 4.78 is 94.1. The van der Waals surface area contributed by atoms with Crippen LogP contribution >= 0.6 is 0 Å². The number of methoxy groups -OCH3 is 1. The maximum atomic E-state index is 13.8. The van der Waals surface area contributed by atoms with E-state index < -0.39 is 59.3 Å². The number of aromatic nitrogens is 1. The van der Waals surface area contributed by atoms with E-state index in [1.807, 2.05) is 51.0 Å². The summed E-state index contributed by atoms with van der Waals surface area (Å²) in [4.78, 5) is 33.6. The second kappa shape index (κ2) is 13.6. The third-order valence-corrected chi connectivity index (χ3v) is 9.85. The van der Waals surface area contributed by atoms with E-state index in [2.05, 4.69) is 0 Å². The van der Waals surface area contributed by atoms with Crippen molar-refractivity contribution in [1.29, 1.82) is 0 Å². The molecule has 0 unspecified atom stereocenters. The highest BCUT2D eigenvalue weighted by atomic mass is 19.4. The van der Waals surface area contributed by atoms with Crippen LogP contribution in [0, 0.1) is 6.92 Å². The summed E-state index contributed by atoms with van der Waals surface area (Å²) in [6.45, 7) is 5.82. The molecule has 1 N–H and O–H groups in total. The zero-order valence-electron chi connectivity index (χ0n) is 29.7. The lowest BCUT2D eigenvalue weighted by atomic mass is 9.90. The topological polar surface area (TPSA) is 92.2 Å². The second-order valence-electron chi connectivity index (χ2n) is 13.8. The van der Waals surface area contributed by atoms with Gasteiger partial charge >= 0.3 is 24.4 Å². The van der Waals surface area contributed by atoms with Gasteiger partial charge in [0.15, 0.2) is 0 Å². The molecule has 0 radical (unpaired) electrons. The van der Waals surface area contributed by atoms with Gasteiger partial charge in [-0.1, -0.05) is 26.0 Å². The molecule has 6 rings (SSSR count). The number of carbonyl (C=O) groups is 2. The minimum Gasteiger partial charge on any atom is -0.496 e. The number of carboxylic acids is 1. The number of hydrogen-bond acceptors (Lipinski definition) is 6. The second-order valence-corrected chi connectivity index (χ2v) is 13.8. The number of alkyl halides is 6. The number of pyridine rings is 1. The van der Waals surface area contributed by atoms with Gasteiger partial charge in [-0.3, -0.25) is 4.90 Å². The summed E-state index contributed by atoms with van der Waals surface area (Å²) >= 11 is 0. The number of amides is 1. The van der Waals surface area contributed by atoms with Crippen molar-refractivity contribution in [1.82, 2.24) is 9.88 Å². The summed E-state index contributed by atoms with van der Waals surface area (Å²) in [7, 11) is 5.16. The van der Waals surface area contributed by atoms with Gasteiger partial charge in [0.2, 0.25) is 0 Å². The maximum Gasteiger partial charge on any atom is 0.416 e. The van der Waals surface area contributed by atoms with Crippen molar-refractivity contribution >= 4 is 17.9 Å². The van der Waals surface area contributed by atoms with Crippen molar-refractivity contribution in [3.63, 3.8) is 0 Å². The van der Waals surface area contributed by atoms with Gasteiger partial charge < -0.3 is 19.5 Å². The van der Waals surface area contributed by atoms with E-state index in [1.165, 1.54) is 18.1 Å². The van der Waals surface area contributed by atoms with Crippen LogP contribution in [-0.4, -0.2) is 54.3 Å². The molecule has 280 valence electrons. The lowest BCUT2D eigenvalue weighted by Gasteiger charge is -2.28. The largest absolute Gasteiger partial charge is 0.496 e. The van der Waals surface area contributed by atoms with Crippen LogP contribution in [-0.2, 0) is 17.1 Å². The van der Waals surface area contributed by atoms with Gasteiger partial charge in [-0.05, 0) is 102 Å². The summed E-state index contributed by atoms with van der Waals surface area (Å²) in [6, 6.07) is 11.9. The Balaban J connectivity index is 1.51. The highest BCUT2D eigenvalue weighted by molar-refractivity contribution is 5.89. The van der Waals surface area contributed by atoms with Gasteiger partial charge in [-0.2, -0.15) is 26.3 Å². The number of cyclic esters (lactones) is 1. The Bertz CT molecular complexity index is 2060. The first-order chi connectivity index (χ1) is 24.8. The Kier molecular flexibility index (Phi) is 9.63. The van der Waals surface area contributed by atoms with Crippen molar-refractivity contribution in [3.05, 3.63) is 99.7 Å². The van der Waals surface area contributed by atoms with Gasteiger partial charge in [-0.15, -0.1) is 0 Å². The number of nitrogens with zero attached hydrogens (tertiary/aromatic N) is 3. The Morgan fingerprint density at radius 1 is 0.925 bits per heavy atom. The average Bonchev–Trinajstić information content (AvgIpc) is 3.67. The first-order valence-corrected chi connectivity index (χ1v) is 16.8. The monoisotopic (exact) mass is 741 g/mol. The lowest BCUT2D eigenvalue weighted by Crippen LogP contribution is -2.31. The van der Waals surface area contributed by atoms with E-state index >= 15 is 0 Å². The van der Waals surface area contributed by atoms with Crippen molar-refractivity contribution in [3.8, 4) is 28.0 Å². The number of benzene rings is 3. The molecule has 4 aromatic rings. The van der Waals surface area contributed by atoms with Gasteiger partial charge in [0, 0.05) is 25.2 Å². The predicted molar refractivity (Wildman–Crippen MR) is 185 cm³/mol. The molecule has 2 aliphatic rings. The number of ether oxygens (including phenoxy) is 2. The van der Waals surface area contributed by atoms with Gasteiger partial charge in [-0.25, -0.2) is 14.6 Å². The Hall–Kier alpha value is -5.27. The van der Waals surface area contributed by atoms with E-state index in [9.17, 15) is 41.0 Å². The number of rotatable bonds is 8. The summed E-state index contributed by atoms with van der Waals surface area (Å²) in [5.41, 5.74) is 1.55. The molecule has 0 spiro atoms. The van der Waals surface area contributed by atoms with Crippen molar-refractivity contribution in [2.24, 2.45) is 0 Å². The molecule has 2 aliphatic heterocycles. The lowest BCUT2D eigenvalue weighted by molar-refractivity contribution is -0.143. The molecule has 3 atom stereocenters. The molecule has 1 amide bonds.